The van der Waals surface area contributed by atoms with Crippen LogP contribution in [0, 0.1) is 0 Å². The maximum atomic E-state index is 12.6. The summed E-state index contributed by atoms with van der Waals surface area (Å²) >= 11 is 1.58. The van der Waals surface area contributed by atoms with Gasteiger partial charge in [0.15, 0.2) is 0 Å². The van der Waals surface area contributed by atoms with Gasteiger partial charge in [0.25, 0.3) is 5.56 Å². The molecule has 2 aliphatic rings. The van der Waals surface area contributed by atoms with Gasteiger partial charge in [0.2, 0.25) is 0 Å². The maximum Gasteiger partial charge on any atom is 0.275 e. The number of aryl methyl sites for hydroxylation is 1. The van der Waals surface area contributed by atoms with E-state index in [1.165, 1.54) is 51.9 Å². The predicted octanol–water partition coefficient (Wildman–Crippen LogP) is 4.86. The Bertz CT molecular complexity index is 1130. The second kappa shape index (κ2) is 11.0. The lowest BCUT2D eigenvalue weighted by atomic mass is 10.1. The SMILES string of the molecule is CCCn1nc(-c2ccc(OCCCN3CCCC3CN3CCCC3)cc2)c2sccc2c1=O. The molecule has 3 aromatic rings. The Labute approximate surface area is 206 Å². The van der Waals surface area contributed by atoms with Gasteiger partial charge < -0.3 is 9.64 Å². The van der Waals surface area contributed by atoms with E-state index >= 15 is 0 Å². The van der Waals surface area contributed by atoms with Crippen LogP contribution in [0.25, 0.3) is 21.3 Å². The van der Waals surface area contributed by atoms with E-state index in [9.17, 15) is 4.79 Å². The third kappa shape index (κ3) is 5.21. The number of rotatable bonds is 10. The van der Waals surface area contributed by atoms with Crippen molar-refractivity contribution < 1.29 is 4.74 Å². The van der Waals surface area contributed by atoms with Crippen LogP contribution >= 0.6 is 11.3 Å². The Balaban J connectivity index is 1.17. The van der Waals surface area contributed by atoms with Crippen molar-refractivity contribution in [3.05, 3.63) is 46.1 Å². The summed E-state index contributed by atoms with van der Waals surface area (Å²) < 4.78 is 8.63. The van der Waals surface area contributed by atoms with Gasteiger partial charge in [0, 0.05) is 31.2 Å². The molecule has 0 bridgehead atoms. The summed E-state index contributed by atoms with van der Waals surface area (Å²) in [6.45, 7) is 9.62. The molecule has 5 rings (SSSR count). The van der Waals surface area contributed by atoms with Crippen LogP contribution in [0.5, 0.6) is 5.75 Å². The number of aromatic nitrogens is 2. The van der Waals surface area contributed by atoms with E-state index in [1.54, 1.807) is 16.0 Å². The first kappa shape index (κ1) is 23.5. The molecule has 182 valence electrons. The number of nitrogens with zero attached hydrogens (tertiary/aromatic N) is 4. The first-order valence-corrected chi connectivity index (χ1v) is 13.8. The van der Waals surface area contributed by atoms with Crippen LogP contribution in [-0.4, -0.2) is 65.0 Å². The molecule has 0 N–H and O–H groups in total. The van der Waals surface area contributed by atoms with Crippen molar-refractivity contribution in [3.63, 3.8) is 0 Å². The molecular formula is C27H36N4O2S. The topological polar surface area (TPSA) is 50.6 Å². The molecule has 34 heavy (non-hydrogen) atoms. The minimum atomic E-state index is 0.00229. The summed E-state index contributed by atoms with van der Waals surface area (Å²) in [6, 6.07) is 10.8. The highest BCUT2D eigenvalue weighted by atomic mass is 32.1. The summed E-state index contributed by atoms with van der Waals surface area (Å²) in [7, 11) is 0. The van der Waals surface area contributed by atoms with E-state index in [0.717, 1.165) is 59.1 Å². The van der Waals surface area contributed by atoms with Crippen molar-refractivity contribution in [2.24, 2.45) is 0 Å². The standard InChI is InChI=1S/C27H36N4O2S/c1-2-13-31-27(32)24-12-19-34-26(24)25(28-31)21-8-10-23(11-9-21)33-18-6-17-30-16-5-7-22(30)20-29-14-3-4-15-29/h8-12,19,22H,2-7,13-18,20H2,1H3. The smallest absolute Gasteiger partial charge is 0.275 e. The quantitative estimate of drug-likeness (QED) is 0.388. The van der Waals surface area contributed by atoms with Gasteiger partial charge in [-0.15, -0.1) is 11.3 Å². The molecule has 6 nitrogen and oxygen atoms in total. The van der Waals surface area contributed by atoms with Gasteiger partial charge in [-0.05, 0) is 93.9 Å². The number of benzene rings is 1. The number of ether oxygens (including phenoxy) is 1. The van der Waals surface area contributed by atoms with Crippen LogP contribution in [-0.2, 0) is 6.54 Å². The molecule has 4 heterocycles. The van der Waals surface area contributed by atoms with Crippen molar-refractivity contribution >= 4 is 21.4 Å². The summed E-state index contributed by atoms with van der Waals surface area (Å²) in [5.41, 5.74) is 1.90. The number of likely N-dealkylation sites (tertiary alicyclic amines) is 2. The van der Waals surface area contributed by atoms with Gasteiger partial charge in [-0.25, -0.2) is 4.68 Å². The Kier molecular flexibility index (Phi) is 7.62. The zero-order valence-corrected chi connectivity index (χ0v) is 21.1. The summed E-state index contributed by atoms with van der Waals surface area (Å²) in [4.78, 5) is 18.0. The molecular weight excluding hydrogens is 444 g/mol. The molecule has 2 aliphatic heterocycles. The highest BCUT2D eigenvalue weighted by Gasteiger charge is 2.26. The van der Waals surface area contributed by atoms with Crippen LogP contribution < -0.4 is 10.3 Å². The van der Waals surface area contributed by atoms with Gasteiger partial charge >= 0.3 is 0 Å². The Morgan fingerprint density at radius 3 is 2.68 bits per heavy atom. The van der Waals surface area contributed by atoms with Crippen LogP contribution in [0.15, 0.2) is 40.5 Å². The van der Waals surface area contributed by atoms with Crippen molar-refractivity contribution in [1.82, 2.24) is 19.6 Å². The average molecular weight is 481 g/mol. The fraction of sp³-hybridized carbons (Fsp3) is 0.556. The number of thiophene rings is 1. The highest BCUT2D eigenvalue weighted by molar-refractivity contribution is 7.17. The number of hydrogen-bond acceptors (Lipinski definition) is 6. The van der Waals surface area contributed by atoms with Crippen molar-refractivity contribution in [1.29, 1.82) is 0 Å². The molecule has 0 spiro atoms. The predicted molar refractivity (Wildman–Crippen MR) is 140 cm³/mol. The molecule has 0 aliphatic carbocycles. The van der Waals surface area contributed by atoms with E-state index in [-0.39, 0.29) is 5.56 Å². The lowest BCUT2D eigenvalue weighted by Gasteiger charge is -2.28. The van der Waals surface area contributed by atoms with E-state index in [4.69, 9.17) is 9.84 Å². The second-order valence-electron chi connectivity index (χ2n) is 9.61. The van der Waals surface area contributed by atoms with Crippen LogP contribution in [0.4, 0.5) is 0 Å². The molecule has 0 amide bonds. The summed E-state index contributed by atoms with van der Waals surface area (Å²) in [5, 5.41) is 7.42. The van der Waals surface area contributed by atoms with E-state index in [2.05, 4.69) is 28.9 Å². The molecule has 2 fully saturated rings. The van der Waals surface area contributed by atoms with Crippen molar-refractivity contribution in [3.8, 4) is 17.0 Å². The molecule has 0 saturated carbocycles. The lowest BCUT2D eigenvalue weighted by molar-refractivity contribution is 0.178. The minimum absolute atomic E-state index is 0.00229. The van der Waals surface area contributed by atoms with Gasteiger partial charge in [-0.1, -0.05) is 6.92 Å². The van der Waals surface area contributed by atoms with Crippen molar-refractivity contribution in [2.45, 2.75) is 58.0 Å². The summed E-state index contributed by atoms with van der Waals surface area (Å²) in [6.07, 6.45) is 7.35. The lowest BCUT2D eigenvalue weighted by Crippen LogP contribution is -2.40. The van der Waals surface area contributed by atoms with E-state index in [0.29, 0.717) is 6.54 Å². The monoisotopic (exact) mass is 480 g/mol. The molecule has 1 atom stereocenters. The second-order valence-corrected chi connectivity index (χ2v) is 10.5. The molecule has 2 saturated heterocycles. The zero-order chi connectivity index (χ0) is 23.3. The zero-order valence-electron chi connectivity index (χ0n) is 20.2. The highest BCUT2D eigenvalue weighted by Crippen LogP contribution is 2.30. The molecule has 1 aromatic carbocycles. The Morgan fingerprint density at radius 1 is 1.06 bits per heavy atom. The van der Waals surface area contributed by atoms with Crippen LogP contribution in [0.2, 0.25) is 0 Å². The molecule has 1 unspecified atom stereocenters. The average Bonchev–Trinajstić information content (AvgIpc) is 3.62. The van der Waals surface area contributed by atoms with E-state index in [1.807, 2.05) is 23.6 Å². The fourth-order valence-corrected chi connectivity index (χ4v) is 6.28. The normalized spacial score (nSPS) is 19.4. The Morgan fingerprint density at radius 2 is 1.88 bits per heavy atom. The van der Waals surface area contributed by atoms with Gasteiger partial charge in [0.1, 0.15) is 11.4 Å². The van der Waals surface area contributed by atoms with E-state index < -0.39 is 0 Å². The number of fused-ring (bicyclic) bond motifs is 1. The van der Waals surface area contributed by atoms with Crippen molar-refractivity contribution in [2.75, 3.05) is 39.3 Å². The van der Waals surface area contributed by atoms with Gasteiger partial charge in [-0.2, -0.15) is 5.10 Å². The third-order valence-corrected chi connectivity index (χ3v) is 8.08. The third-order valence-electron chi connectivity index (χ3n) is 7.15. The minimum Gasteiger partial charge on any atom is -0.494 e. The summed E-state index contributed by atoms with van der Waals surface area (Å²) in [5.74, 6) is 0.892. The molecule has 7 heteroatoms. The van der Waals surface area contributed by atoms with Crippen LogP contribution in [0.1, 0.15) is 45.4 Å². The first-order valence-electron chi connectivity index (χ1n) is 12.9. The molecule has 2 aromatic heterocycles. The first-order chi connectivity index (χ1) is 16.7. The maximum absolute atomic E-state index is 12.6. The Hall–Kier alpha value is -2.22. The number of hydrogen-bond donors (Lipinski definition) is 0. The fourth-order valence-electron chi connectivity index (χ4n) is 5.39. The van der Waals surface area contributed by atoms with Gasteiger partial charge in [-0.3, -0.25) is 9.69 Å². The molecule has 0 radical (unpaired) electrons. The van der Waals surface area contributed by atoms with Crippen LogP contribution in [0.3, 0.4) is 0 Å². The largest absolute Gasteiger partial charge is 0.494 e. The van der Waals surface area contributed by atoms with Gasteiger partial charge in [0.05, 0.1) is 16.7 Å².